The molecule has 1 heterocycles. The predicted octanol–water partition coefficient (Wildman–Crippen LogP) is 2.87. The van der Waals surface area contributed by atoms with Crippen LogP contribution in [0.15, 0.2) is 24.3 Å². The minimum atomic E-state index is 0.00778. The SMILES string of the molecule is CCc1ccc(C(=O)N2CCC[C@H](CNC(=O)C(C)C)C2)cc1. The molecule has 0 spiro atoms. The van der Waals surface area contributed by atoms with Crippen LogP contribution in [-0.2, 0) is 11.2 Å². The van der Waals surface area contributed by atoms with Crippen molar-refractivity contribution in [2.75, 3.05) is 19.6 Å². The van der Waals surface area contributed by atoms with Crippen LogP contribution in [0.3, 0.4) is 0 Å². The fourth-order valence-corrected chi connectivity index (χ4v) is 2.93. The fourth-order valence-electron chi connectivity index (χ4n) is 2.93. The largest absolute Gasteiger partial charge is 0.356 e. The summed E-state index contributed by atoms with van der Waals surface area (Å²) < 4.78 is 0. The third-order valence-corrected chi connectivity index (χ3v) is 4.50. The maximum absolute atomic E-state index is 12.6. The van der Waals surface area contributed by atoms with Gasteiger partial charge >= 0.3 is 0 Å². The lowest BCUT2D eigenvalue weighted by Gasteiger charge is -2.33. The van der Waals surface area contributed by atoms with Crippen molar-refractivity contribution in [2.45, 2.75) is 40.0 Å². The summed E-state index contributed by atoms with van der Waals surface area (Å²) in [6.45, 7) is 8.10. The second-order valence-corrected chi connectivity index (χ2v) is 6.71. The zero-order valence-corrected chi connectivity index (χ0v) is 14.5. The molecule has 2 rings (SSSR count). The molecule has 2 amide bonds. The molecule has 1 N–H and O–H groups in total. The Hall–Kier alpha value is -1.84. The summed E-state index contributed by atoms with van der Waals surface area (Å²) in [5.74, 6) is 0.551. The van der Waals surface area contributed by atoms with Gasteiger partial charge in [-0.3, -0.25) is 9.59 Å². The van der Waals surface area contributed by atoms with Gasteiger partial charge in [-0.25, -0.2) is 0 Å². The topological polar surface area (TPSA) is 49.4 Å². The van der Waals surface area contributed by atoms with Crippen molar-refractivity contribution in [3.63, 3.8) is 0 Å². The highest BCUT2D eigenvalue weighted by molar-refractivity contribution is 5.94. The maximum Gasteiger partial charge on any atom is 0.253 e. The first kappa shape index (κ1) is 17.5. The number of carbonyl (C=O) groups is 2. The third-order valence-electron chi connectivity index (χ3n) is 4.50. The maximum atomic E-state index is 12.6. The van der Waals surface area contributed by atoms with E-state index in [9.17, 15) is 9.59 Å². The number of rotatable bonds is 5. The number of benzene rings is 1. The van der Waals surface area contributed by atoms with E-state index in [1.165, 1.54) is 5.56 Å². The molecule has 0 saturated carbocycles. The average molecular weight is 316 g/mol. The number of hydrogen-bond acceptors (Lipinski definition) is 2. The summed E-state index contributed by atoms with van der Waals surface area (Å²) in [5.41, 5.74) is 2.00. The number of nitrogens with one attached hydrogen (secondary N) is 1. The summed E-state index contributed by atoms with van der Waals surface area (Å²) in [5, 5.41) is 2.99. The number of aryl methyl sites for hydroxylation is 1. The molecule has 1 aromatic rings. The molecule has 126 valence electrons. The lowest BCUT2D eigenvalue weighted by Crippen LogP contribution is -2.44. The summed E-state index contributed by atoms with van der Waals surface area (Å²) in [6.07, 6.45) is 3.05. The third kappa shape index (κ3) is 4.81. The summed E-state index contributed by atoms with van der Waals surface area (Å²) in [4.78, 5) is 26.2. The molecule has 0 unspecified atom stereocenters. The van der Waals surface area contributed by atoms with E-state index < -0.39 is 0 Å². The van der Waals surface area contributed by atoms with Crippen LogP contribution < -0.4 is 5.32 Å². The summed E-state index contributed by atoms with van der Waals surface area (Å²) in [6, 6.07) is 7.89. The second-order valence-electron chi connectivity index (χ2n) is 6.71. The molecule has 23 heavy (non-hydrogen) atoms. The van der Waals surface area contributed by atoms with E-state index in [1.807, 2.05) is 43.0 Å². The minimum Gasteiger partial charge on any atom is -0.356 e. The van der Waals surface area contributed by atoms with Gasteiger partial charge in [0.15, 0.2) is 0 Å². The Morgan fingerprint density at radius 1 is 1.26 bits per heavy atom. The highest BCUT2D eigenvalue weighted by Crippen LogP contribution is 2.18. The molecule has 1 atom stereocenters. The van der Waals surface area contributed by atoms with Crippen LogP contribution >= 0.6 is 0 Å². The van der Waals surface area contributed by atoms with Crippen molar-refractivity contribution < 1.29 is 9.59 Å². The molecule has 1 aliphatic heterocycles. The molecule has 0 aliphatic carbocycles. The highest BCUT2D eigenvalue weighted by Gasteiger charge is 2.25. The number of nitrogens with zero attached hydrogens (tertiary/aromatic N) is 1. The molecule has 0 radical (unpaired) electrons. The summed E-state index contributed by atoms with van der Waals surface area (Å²) >= 11 is 0. The molecule has 1 aliphatic rings. The Kier molecular flexibility index (Phi) is 6.20. The first-order chi connectivity index (χ1) is 11.0. The summed E-state index contributed by atoms with van der Waals surface area (Å²) in [7, 11) is 0. The van der Waals surface area contributed by atoms with Crippen LogP contribution in [0, 0.1) is 11.8 Å². The zero-order valence-electron chi connectivity index (χ0n) is 14.5. The van der Waals surface area contributed by atoms with Gasteiger partial charge in [0.25, 0.3) is 5.91 Å². The van der Waals surface area contributed by atoms with Gasteiger partial charge in [-0.1, -0.05) is 32.9 Å². The van der Waals surface area contributed by atoms with E-state index in [2.05, 4.69) is 12.2 Å². The smallest absolute Gasteiger partial charge is 0.253 e. The van der Waals surface area contributed by atoms with Gasteiger partial charge in [0.1, 0.15) is 0 Å². The molecule has 0 bridgehead atoms. The van der Waals surface area contributed by atoms with Gasteiger partial charge in [-0.05, 0) is 42.9 Å². The molecule has 0 aromatic heterocycles. The Morgan fingerprint density at radius 3 is 2.57 bits per heavy atom. The highest BCUT2D eigenvalue weighted by atomic mass is 16.2. The minimum absolute atomic E-state index is 0.00778. The molecular formula is C19H28N2O2. The van der Waals surface area contributed by atoms with Crippen molar-refractivity contribution in [3.05, 3.63) is 35.4 Å². The Labute approximate surface area is 139 Å². The van der Waals surface area contributed by atoms with E-state index >= 15 is 0 Å². The number of carbonyl (C=O) groups excluding carboxylic acids is 2. The van der Waals surface area contributed by atoms with Crippen LogP contribution in [0.4, 0.5) is 0 Å². The van der Waals surface area contributed by atoms with Crippen molar-refractivity contribution >= 4 is 11.8 Å². The molecule has 4 heteroatoms. The number of amides is 2. The van der Waals surface area contributed by atoms with Gasteiger partial charge < -0.3 is 10.2 Å². The van der Waals surface area contributed by atoms with Crippen molar-refractivity contribution in [2.24, 2.45) is 11.8 Å². The molecule has 1 fully saturated rings. The van der Waals surface area contributed by atoms with Gasteiger partial charge in [-0.2, -0.15) is 0 Å². The lowest BCUT2D eigenvalue weighted by molar-refractivity contribution is -0.124. The van der Waals surface area contributed by atoms with Gasteiger partial charge in [0.05, 0.1) is 0 Å². The quantitative estimate of drug-likeness (QED) is 0.908. The molecular weight excluding hydrogens is 288 g/mol. The van der Waals surface area contributed by atoms with Crippen molar-refractivity contribution in [1.82, 2.24) is 10.2 Å². The van der Waals surface area contributed by atoms with E-state index in [-0.39, 0.29) is 17.7 Å². The monoisotopic (exact) mass is 316 g/mol. The van der Waals surface area contributed by atoms with Crippen molar-refractivity contribution in [3.8, 4) is 0 Å². The second kappa shape index (κ2) is 8.14. The van der Waals surface area contributed by atoms with Crippen LogP contribution in [0.25, 0.3) is 0 Å². The zero-order chi connectivity index (χ0) is 16.8. The van der Waals surface area contributed by atoms with E-state index in [0.717, 1.165) is 37.9 Å². The van der Waals surface area contributed by atoms with E-state index in [0.29, 0.717) is 12.5 Å². The van der Waals surface area contributed by atoms with Crippen LogP contribution in [0.2, 0.25) is 0 Å². The Morgan fingerprint density at radius 2 is 1.96 bits per heavy atom. The predicted molar refractivity (Wildman–Crippen MR) is 92.3 cm³/mol. The fraction of sp³-hybridized carbons (Fsp3) is 0.579. The lowest BCUT2D eigenvalue weighted by atomic mass is 9.97. The van der Waals surface area contributed by atoms with E-state index in [1.54, 1.807) is 0 Å². The van der Waals surface area contributed by atoms with Crippen LogP contribution in [0.5, 0.6) is 0 Å². The van der Waals surface area contributed by atoms with Gasteiger partial charge in [0.2, 0.25) is 5.91 Å². The first-order valence-corrected chi connectivity index (χ1v) is 8.67. The first-order valence-electron chi connectivity index (χ1n) is 8.67. The molecule has 4 nitrogen and oxygen atoms in total. The van der Waals surface area contributed by atoms with Gasteiger partial charge in [0, 0.05) is 31.1 Å². The Bertz CT molecular complexity index is 537. The standard InChI is InChI=1S/C19H28N2O2/c1-4-15-7-9-17(10-8-15)19(23)21-11-5-6-16(13-21)12-20-18(22)14(2)3/h7-10,14,16H,4-6,11-13H2,1-3H3,(H,20,22)/t16-/m1/s1. The number of hydrogen-bond donors (Lipinski definition) is 1. The number of piperidine rings is 1. The van der Waals surface area contributed by atoms with Crippen LogP contribution in [0.1, 0.15) is 49.5 Å². The van der Waals surface area contributed by atoms with Crippen molar-refractivity contribution in [1.29, 1.82) is 0 Å². The Balaban J connectivity index is 1.91. The van der Waals surface area contributed by atoms with E-state index in [4.69, 9.17) is 0 Å². The van der Waals surface area contributed by atoms with Gasteiger partial charge in [-0.15, -0.1) is 0 Å². The molecule has 1 saturated heterocycles. The average Bonchev–Trinajstić information content (AvgIpc) is 2.59. The number of likely N-dealkylation sites (tertiary alicyclic amines) is 1. The normalized spacial score (nSPS) is 18.1. The van der Waals surface area contributed by atoms with Crippen LogP contribution in [-0.4, -0.2) is 36.3 Å². The molecule has 1 aromatic carbocycles.